The van der Waals surface area contributed by atoms with Gasteiger partial charge in [0, 0.05) is 6.04 Å². The van der Waals surface area contributed by atoms with Crippen LogP contribution in [0.1, 0.15) is 44.9 Å². The van der Waals surface area contributed by atoms with Gasteiger partial charge < -0.3 is 10.6 Å². The highest BCUT2D eigenvalue weighted by molar-refractivity contribution is 4.84. The van der Waals surface area contributed by atoms with Gasteiger partial charge in [0.2, 0.25) is 0 Å². The highest BCUT2D eigenvalue weighted by atomic mass is 15.2. The van der Waals surface area contributed by atoms with Crippen molar-refractivity contribution in [3.05, 3.63) is 0 Å². The summed E-state index contributed by atoms with van der Waals surface area (Å²) in [5, 5.41) is 0. The van der Waals surface area contributed by atoms with Gasteiger partial charge in [0.1, 0.15) is 0 Å². The molecule has 2 rings (SSSR count). The Balaban J connectivity index is 1.96. The molecule has 0 radical (unpaired) electrons. The number of nitrogens with zero attached hydrogens (tertiary/aromatic N) is 1. The van der Waals surface area contributed by atoms with E-state index in [1.807, 2.05) is 0 Å². The quantitative estimate of drug-likeness (QED) is 0.684. The molecule has 0 amide bonds. The summed E-state index contributed by atoms with van der Waals surface area (Å²) in [5.41, 5.74) is 5.90. The molecule has 1 heterocycles. The third kappa shape index (κ3) is 2.29. The summed E-state index contributed by atoms with van der Waals surface area (Å²) in [6.45, 7) is 3.57. The normalized spacial score (nSPS) is 35.8. The standard InChI is InChI=1S/C12H24N2/c13-10-11-6-2-1-3-7-12(11)14-8-4-5-9-14/h11-12H,1-10,13H2. The van der Waals surface area contributed by atoms with Crippen molar-refractivity contribution >= 4 is 0 Å². The van der Waals surface area contributed by atoms with E-state index in [2.05, 4.69) is 4.90 Å². The van der Waals surface area contributed by atoms with Crippen LogP contribution in [-0.2, 0) is 0 Å². The van der Waals surface area contributed by atoms with E-state index in [0.717, 1.165) is 18.5 Å². The molecule has 82 valence electrons. The lowest BCUT2D eigenvalue weighted by atomic mass is 9.94. The predicted octanol–water partition coefficient (Wildman–Crippen LogP) is 1.99. The Labute approximate surface area is 87.8 Å². The summed E-state index contributed by atoms with van der Waals surface area (Å²) in [7, 11) is 0. The second kappa shape index (κ2) is 5.13. The Morgan fingerprint density at radius 3 is 2.36 bits per heavy atom. The summed E-state index contributed by atoms with van der Waals surface area (Å²) < 4.78 is 0. The summed E-state index contributed by atoms with van der Waals surface area (Å²) in [5.74, 6) is 0.788. The van der Waals surface area contributed by atoms with Crippen molar-refractivity contribution in [2.75, 3.05) is 19.6 Å². The summed E-state index contributed by atoms with van der Waals surface area (Å²) in [4.78, 5) is 2.71. The molecule has 2 nitrogen and oxygen atoms in total. The van der Waals surface area contributed by atoms with Gasteiger partial charge in [0.15, 0.2) is 0 Å². The number of hydrogen-bond acceptors (Lipinski definition) is 2. The van der Waals surface area contributed by atoms with Gasteiger partial charge in [-0.05, 0) is 51.2 Å². The van der Waals surface area contributed by atoms with Crippen LogP contribution in [0.25, 0.3) is 0 Å². The molecular weight excluding hydrogens is 172 g/mol. The van der Waals surface area contributed by atoms with Crippen LogP contribution in [0.3, 0.4) is 0 Å². The molecule has 0 aromatic carbocycles. The van der Waals surface area contributed by atoms with Gasteiger partial charge in [-0.15, -0.1) is 0 Å². The number of likely N-dealkylation sites (tertiary alicyclic amines) is 1. The molecule has 1 saturated heterocycles. The van der Waals surface area contributed by atoms with Crippen molar-refractivity contribution in [3.63, 3.8) is 0 Å². The Morgan fingerprint density at radius 2 is 1.64 bits per heavy atom. The maximum Gasteiger partial charge on any atom is 0.0135 e. The Morgan fingerprint density at radius 1 is 0.929 bits per heavy atom. The lowest BCUT2D eigenvalue weighted by Crippen LogP contribution is -2.41. The van der Waals surface area contributed by atoms with Crippen molar-refractivity contribution in [1.82, 2.24) is 4.90 Å². The predicted molar refractivity (Wildman–Crippen MR) is 60.2 cm³/mol. The zero-order chi connectivity index (χ0) is 9.80. The largest absolute Gasteiger partial charge is 0.330 e. The molecule has 1 aliphatic heterocycles. The molecule has 1 saturated carbocycles. The van der Waals surface area contributed by atoms with Crippen LogP contribution in [0.15, 0.2) is 0 Å². The first-order chi connectivity index (χ1) is 6.92. The summed E-state index contributed by atoms with van der Waals surface area (Å²) in [6.07, 6.45) is 9.87. The Bertz CT molecular complexity index is 164. The smallest absolute Gasteiger partial charge is 0.0135 e. The Kier molecular flexibility index (Phi) is 3.82. The molecule has 0 aromatic rings. The topological polar surface area (TPSA) is 29.3 Å². The third-order valence-corrected chi connectivity index (χ3v) is 4.03. The molecule has 0 bridgehead atoms. The SMILES string of the molecule is NCC1CCCCCC1N1CCCC1. The number of nitrogens with two attached hydrogens (primary N) is 1. The van der Waals surface area contributed by atoms with Crippen LogP contribution < -0.4 is 5.73 Å². The minimum Gasteiger partial charge on any atom is -0.330 e. The van der Waals surface area contributed by atoms with Crippen LogP contribution in [-0.4, -0.2) is 30.6 Å². The van der Waals surface area contributed by atoms with Crippen LogP contribution in [0.4, 0.5) is 0 Å². The maximum atomic E-state index is 5.90. The first-order valence-corrected chi connectivity index (χ1v) is 6.36. The molecule has 2 unspecified atom stereocenters. The lowest BCUT2D eigenvalue weighted by Gasteiger charge is -2.32. The van der Waals surface area contributed by atoms with Crippen molar-refractivity contribution in [2.45, 2.75) is 51.0 Å². The third-order valence-electron chi connectivity index (χ3n) is 4.03. The van der Waals surface area contributed by atoms with Gasteiger partial charge in [-0.2, -0.15) is 0 Å². The van der Waals surface area contributed by atoms with E-state index < -0.39 is 0 Å². The highest BCUT2D eigenvalue weighted by Gasteiger charge is 2.29. The van der Waals surface area contributed by atoms with E-state index in [1.54, 1.807) is 0 Å². The average Bonchev–Trinajstić information content (AvgIpc) is 2.63. The number of hydrogen-bond donors (Lipinski definition) is 1. The molecule has 2 fully saturated rings. The molecular formula is C12H24N2. The van der Waals surface area contributed by atoms with Crippen LogP contribution >= 0.6 is 0 Å². The first-order valence-electron chi connectivity index (χ1n) is 6.36. The molecule has 0 aromatic heterocycles. The maximum absolute atomic E-state index is 5.90. The van der Waals surface area contributed by atoms with Gasteiger partial charge in [-0.25, -0.2) is 0 Å². The molecule has 1 aliphatic carbocycles. The van der Waals surface area contributed by atoms with Gasteiger partial charge in [-0.1, -0.05) is 19.3 Å². The lowest BCUT2D eigenvalue weighted by molar-refractivity contribution is 0.167. The zero-order valence-electron chi connectivity index (χ0n) is 9.25. The van der Waals surface area contributed by atoms with Crippen LogP contribution in [0.5, 0.6) is 0 Å². The zero-order valence-corrected chi connectivity index (χ0v) is 9.25. The minimum absolute atomic E-state index is 0.788. The molecule has 0 spiro atoms. The fourth-order valence-corrected chi connectivity index (χ4v) is 3.19. The fraction of sp³-hybridized carbons (Fsp3) is 1.00. The second-order valence-corrected chi connectivity index (χ2v) is 4.94. The monoisotopic (exact) mass is 196 g/mol. The average molecular weight is 196 g/mol. The van der Waals surface area contributed by atoms with E-state index in [-0.39, 0.29) is 0 Å². The van der Waals surface area contributed by atoms with E-state index in [9.17, 15) is 0 Å². The second-order valence-electron chi connectivity index (χ2n) is 4.94. The van der Waals surface area contributed by atoms with Gasteiger partial charge >= 0.3 is 0 Å². The minimum atomic E-state index is 0.788. The van der Waals surface area contributed by atoms with Crippen molar-refractivity contribution < 1.29 is 0 Å². The van der Waals surface area contributed by atoms with Crippen molar-refractivity contribution in [2.24, 2.45) is 11.7 Å². The molecule has 2 atom stereocenters. The fourth-order valence-electron chi connectivity index (χ4n) is 3.19. The van der Waals surface area contributed by atoms with E-state index >= 15 is 0 Å². The molecule has 14 heavy (non-hydrogen) atoms. The molecule has 2 heteroatoms. The van der Waals surface area contributed by atoms with E-state index in [1.165, 1.54) is 58.0 Å². The van der Waals surface area contributed by atoms with Crippen LogP contribution in [0.2, 0.25) is 0 Å². The van der Waals surface area contributed by atoms with Gasteiger partial charge in [0.05, 0.1) is 0 Å². The number of rotatable bonds is 2. The first kappa shape index (κ1) is 10.4. The molecule has 2 N–H and O–H groups in total. The van der Waals surface area contributed by atoms with Gasteiger partial charge in [-0.3, -0.25) is 0 Å². The molecule has 2 aliphatic rings. The van der Waals surface area contributed by atoms with Crippen LogP contribution in [0, 0.1) is 5.92 Å². The summed E-state index contributed by atoms with van der Waals surface area (Å²) >= 11 is 0. The highest BCUT2D eigenvalue weighted by Crippen LogP contribution is 2.28. The van der Waals surface area contributed by atoms with Gasteiger partial charge in [0.25, 0.3) is 0 Å². The Hall–Kier alpha value is -0.0800. The summed E-state index contributed by atoms with van der Waals surface area (Å²) in [6, 6.07) is 0.824. The van der Waals surface area contributed by atoms with E-state index in [0.29, 0.717) is 0 Å². The van der Waals surface area contributed by atoms with Crippen molar-refractivity contribution in [1.29, 1.82) is 0 Å². The van der Waals surface area contributed by atoms with Crippen molar-refractivity contribution in [3.8, 4) is 0 Å². The van der Waals surface area contributed by atoms with E-state index in [4.69, 9.17) is 5.73 Å².